The van der Waals surface area contributed by atoms with Gasteiger partial charge in [0, 0.05) is 12.6 Å². The summed E-state index contributed by atoms with van der Waals surface area (Å²) in [5.41, 5.74) is 1.05. The molecule has 1 N–H and O–H groups in total. The van der Waals surface area contributed by atoms with Crippen LogP contribution in [0.3, 0.4) is 0 Å². The molecule has 0 amide bonds. The number of pyridine rings is 1. The van der Waals surface area contributed by atoms with Crippen molar-refractivity contribution in [3.63, 3.8) is 0 Å². The highest BCUT2D eigenvalue weighted by atomic mass is 35.5. The van der Waals surface area contributed by atoms with Crippen LogP contribution in [-0.2, 0) is 0 Å². The maximum absolute atomic E-state index is 5.70. The fourth-order valence-corrected chi connectivity index (χ4v) is 1.86. The molecule has 0 aliphatic carbocycles. The molecule has 2 rings (SSSR count). The summed E-state index contributed by atoms with van der Waals surface area (Å²) < 4.78 is 0. The number of likely N-dealkylation sites (tertiary alicyclic amines) is 1. The van der Waals surface area contributed by atoms with E-state index in [1.165, 1.54) is 13.0 Å². The second-order valence-corrected chi connectivity index (χ2v) is 4.15. The summed E-state index contributed by atoms with van der Waals surface area (Å²) in [7, 11) is 2.14. The minimum Gasteiger partial charge on any atom is -0.380 e. The number of nitrogens with one attached hydrogen (secondary N) is 1. The number of hydrogen-bond donors (Lipinski definition) is 1. The van der Waals surface area contributed by atoms with Crippen LogP contribution in [-0.4, -0.2) is 36.1 Å². The van der Waals surface area contributed by atoms with Gasteiger partial charge in [-0.25, -0.2) is 4.98 Å². The smallest absolute Gasteiger partial charge is 0.129 e. The van der Waals surface area contributed by atoms with Crippen molar-refractivity contribution in [1.82, 2.24) is 9.88 Å². The van der Waals surface area contributed by atoms with Crippen molar-refractivity contribution in [2.75, 3.05) is 25.5 Å². The van der Waals surface area contributed by atoms with Crippen molar-refractivity contribution in [2.24, 2.45) is 0 Å². The predicted molar refractivity (Wildman–Crippen MR) is 58.8 cm³/mol. The number of rotatable bonds is 2. The molecule has 14 heavy (non-hydrogen) atoms. The topological polar surface area (TPSA) is 28.2 Å². The predicted octanol–water partition coefficient (Wildman–Crippen LogP) is 1.85. The van der Waals surface area contributed by atoms with Gasteiger partial charge in [0.15, 0.2) is 0 Å². The van der Waals surface area contributed by atoms with Gasteiger partial charge in [0.05, 0.1) is 11.9 Å². The van der Waals surface area contributed by atoms with Crippen molar-refractivity contribution >= 4 is 17.3 Å². The first-order chi connectivity index (χ1) is 6.74. The van der Waals surface area contributed by atoms with E-state index in [0.717, 1.165) is 12.2 Å². The molecule has 1 aromatic rings. The van der Waals surface area contributed by atoms with Gasteiger partial charge < -0.3 is 10.2 Å². The van der Waals surface area contributed by atoms with Gasteiger partial charge in [-0.1, -0.05) is 11.6 Å². The quantitative estimate of drug-likeness (QED) is 0.757. The highest BCUT2D eigenvalue weighted by Gasteiger charge is 2.18. The lowest BCUT2D eigenvalue weighted by atomic mass is 10.2. The van der Waals surface area contributed by atoms with Gasteiger partial charge in [-0.15, -0.1) is 0 Å². The fraction of sp³-hybridized carbons (Fsp3) is 0.500. The van der Waals surface area contributed by atoms with E-state index in [2.05, 4.69) is 22.2 Å². The second-order valence-electron chi connectivity index (χ2n) is 3.76. The van der Waals surface area contributed by atoms with Crippen molar-refractivity contribution in [3.8, 4) is 0 Å². The van der Waals surface area contributed by atoms with E-state index >= 15 is 0 Å². The van der Waals surface area contributed by atoms with Crippen LogP contribution in [0.1, 0.15) is 6.42 Å². The lowest BCUT2D eigenvalue weighted by molar-refractivity contribution is 0.414. The molecule has 0 spiro atoms. The van der Waals surface area contributed by atoms with Crippen LogP contribution in [0.5, 0.6) is 0 Å². The second kappa shape index (κ2) is 4.15. The summed E-state index contributed by atoms with van der Waals surface area (Å²) >= 11 is 5.70. The molecule has 2 heterocycles. The van der Waals surface area contributed by atoms with Crippen molar-refractivity contribution in [2.45, 2.75) is 12.5 Å². The van der Waals surface area contributed by atoms with Gasteiger partial charge in [-0.2, -0.15) is 0 Å². The Kier molecular flexibility index (Phi) is 2.89. The molecule has 4 heteroatoms. The molecule has 1 aliphatic heterocycles. The van der Waals surface area contributed by atoms with E-state index in [0.29, 0.717) is 11.2 Å². The minimum atomic E-state index is 0.541. The lowest BCUT2D eigenvalue weighted by Gasteiger charge is -2.13. The first-order valence-electron chi connectivity index (χ1n) is 4.80. The Morgan fingerprint density at radius 1 is 1.57 bits per heavy atom. The molecule has 1 aliphatic rings. The summed E-state index contributed by atoms with van der Waals surface area (Å²) in [5, 5.41) is 3.98. The Balaban J connectivity index is 1.94. The molecule has 0 aromatic carbocycles. The number of aromatic nitrogens is 1. The molecule has 1 saturated heterocycles. The normalized spacial score (nSPS) is 22.6. The van der Waals surface area contributed by atoms with Crippen LogP contribution in [0.4, 0.5) is 5.69 Å². The van der Waals surface area contributed by atoms with E-state index in [9.17, 15) is 0 Å². The largest absolute Gasteiger partial charge is 0.380 e. The molecule has 1 atom stereocenters. The van der Waals surface area contributed by atoms with Crippen molar-refractivity contribution < 1.29 is 0 Å². The highest BCUT2D eigenvalue weighted by molar-refractivity contribution is 6.29. The molecule has 1 fully saturated rings. The van der Waals surface area contributed by atoms with E-state index in [1.54, 1.807) is 6.20 Å². The molecule has 3 nitrogen and oxygen atoms in total. The first kappa shape index (κ1) is 9.74. The third-order valence-electron chi connectivity index (χ3n) is 2.49. The molecule has 0 radical (unpaired) electrons. The minimum absolute atomic E-state index is 0.541. The number of nitrogens with zero attached hydrogens (tertiary/aromatic N) is 2. The van der Waals surface area contributed by atoms with Crippen LogP contribution in [0, 0.1) is 0 Å². The number of anilines is 1. The molecule has 76 valence electrons. The fourth-order valence-electron chi connectivity index (χ4n) is 1.75. The van der Waals surface area contributed by atoms with Crippen molar-refractivity contribution in [3.05, 3.63) is 23.5 Å². The van der Waals surface area contributed by atoms with Crippen molar-refractivity contribution in [1.29, 1.82) is 0 Å². The summed E-state index contributed by atoms with van der Waals surface area (Å²) in [6.45, 7) is 2.27. The number of hydrogen-bond acceptors (Lipinski definition) is 3. The van der Waals surface area contributed by atoms with Crippen LogP contribution >= 0.6 is 11.6 Å². The average molecular weight is 212 g/mol. The maximum atomic E-state index is 5.70. The lowest BCUT2D eigenvalue weighted by Crippen LogP contribution is -2.23. The number of likely N-dealkylation sites (N-methyl/N-ethyl adjacent to an activating group) is 1. The molecule has 1 unspecified atom stereocenters. The van der Waals surface area contributed by atoms with Crippen LogP contribution in [0.25, 0.3) is 0 Å². The zero-order chi connectivity index (χ0) is 9.97. The van der Waals surface area contributed by atoms with E-state index < -0.39 is 0 Å². The Labute approximate surface area is 89.1 Å². The van der Waals surface area contributed by atoms with Crippen LogP contribution in [0.2, 0.25) is 5.15 Å². The monoisotopic (exact) mass is 211 g/mol. The molecular formula is C10H14ClN3. The van der Waals surface area contributed by atoms with Gasteiger partial charge in [0.1, 0.15) is 5.15 Å². The Morgan fingerprint density at radius 2 is 2.43 bits per heavy atom. The zero-order valence-corrected chi connectivity index (χ0v) is 8.96. The standard InChI is InChI=1S/C10H14ClN3/c1-14-5-4-9(7-14)13-8-2-3-10(11)12-6-8/h2-3,6,9,13H,4-5,7H2,1H3. The molecule has 0 bridgehead atoms. The van der Waals surface area contributed by atoms with E-state index in [-0.39, 0.29) is 0 Å². The molecule has 0 saturated carbocycles. The third-order valence-corrected chi connectivity index (χ3v) is 2.71. The van der Waals surface area contributed by atoms with E-state index in [4.69, 9.17) is 11.6 Å². The van der Waals surface area contributed by atoms with Gasteiger partial charge in [0.25, 0.3) is 0 Å². The Morgan fingerprint density at radius 3 is 3.00 bits per heavy atom. The first-order valence-corrected chi connectivity index (χ1v) is 5.18. The Hall–Kier alpha value is -0.800. The highest BCUT2D eigenvalue weighted by Crippen LogP contribution is 2.15. The number of halogens is 1. The van der Waals surface area contributed by atoms with Crippen LogP contribution < -0.4 is 5.32 Å². The van der Waals surface area contributed by atoms with Gasteiger partial charge in [0.2, 0.25) is 0 Å². The third kappa shape index (κ3) is 2.36. The van der Waals surface area contributed by atoms with Crippen LogP contribution in [0.15, 0.2) is 18.3 Å². The van der Waals surface area contributed by atoms with Gasteiger partial charge >= 0.3 is 0 Å². The molecule has 1 aromatic heterocycles. The van der Waals surface area contributed by atoms with Gasteiger partial charge in [-0.3, -0.25) is 0 Å². The maximum Gasteiger partial charge on any atom is 0.129 e. The summed E-state index contributed by atoms with van der Waals surface area (Å²) in [6, 6.07) is 4.32. The Bertz CT molecular complexity index is 299. The molecular weight excluding hydrogens is 198 g/mol. The summed E-state index contributed by atoms with van der Waals surface area (Å²) in [5.74, 6) is 0. The zero-order valence-electron chi connectivity index (χ0n) is 8.20. The summed E-state index contributed by atoms with van der Waals surface area (Å²) in [6.07, 6.45) is 2.97. The summed E-state index contributed by atoms with van der Waals surface area (Å²) in [4.78, 5) is 6.35. The average Bonchev–Trinajstić information content (AvgIpc) is 2.56. The van der Waals surface area contributed by atoms with E-state index in [1.807, 2.05) is 12.1 Å². The SMILES string of the molecule is CN1CCC(Nc2ccc(Cl)nc2)C1. The van der Waals surface area contributed by atoms with Gasteiger partial charge in [-0.05, 0) is 32.1 Å².